The minimum absolute atomic E-state index is 0. The summed E-state index contributed by atoms with van der Waals surface area (Å²) in [6.45, 7) is 1.87. The fourth-order valence-corrected chi connectivity index (χ4v) is 2.57. The molecule has 0 aliphatic carbocycles. The zero-order valence-electron chi connectivity index (χ0n) is 12.8. The number of carbonyl (C=O) groups excluding carboxylic acids is 1. The van der Waals surface area contributed by atoms with Gasteiger partial charge in [0.05, 0.1) is 0 Å². The number of piperidine rings is 1. The first-order valence-corrected chi connectivity index (χ1v) is 7.66. The van der Waals surface area contributed by atoms with Gasteiger partial charge in [-0.15, -0.1) is 12.4 Å². The van der Waals surface area contributed by atoms with Crippen molar-refractivity contribution >= 4 is 18.3 Å². The van der Waals surface area contributed by atoms with Crippen molar-refractivity contribution in [2.45, 2.75) is 18.9 Å². The van der Waals surface area contributed by atoms with Gasteiger partial charge in [0.1, 0.15) is 11.5 Å². The third-order valence-electron chi connectivity index (χ3n) is 3.71. The van der Waals surface area contributed by atoms with Gasteiger partial charge in [-0.05, 0) is 49.7 Å². The fourth-order valence-electron chi connectivity index (χ4n) is 2.57. The van der Waals surface area contributed by atoms with Crippen molar-refractivity contribution in [3.8, 4) is 11.5 Å². The summed E-state index contributed by atoms with van der Waals surface area (Å²) in [5, 5.41) is 6.37. The van der Waals surface area contributed by atoms with Crippen LogP contribution in [0, 0.1) is 0 Å². The average Bonchev–Trinajstić information content (AvgIpc) is 2.57. The molecule has 2 aromatic rings. The Bertz CT molecular complexity index is 628. The molecule has 5 heteroatoms. The van der Waals surface area contributed by atoms with E-state index in [0.717, 1.165) is 31.7 Å². The van der Waals surface area contributed by atoms with Gasteiger partial charge in [-0.1, -0.05) is 24.3 Å². The van der Waals surface area contributed by atoms with Gasteiger partial charge in [0, 0.05) is 18.2 Å². The smallest absolute Gasteiger partial charge is 0.251 e. The van der Waals surface area contributed by atoms with Gasteiger partial charge >= 0.3 is 0 Å². The lowest BCUT2D eigenvalue weighted by Crippen LogP contribution is -2.45. The van der Waals surface area contributed by atoms with Gasteiger partial charge in [-0.25, -0.2) is 0 Å². The Morgan fingerprint density at radius 2 is 1.87 bits per heavy atom. The number of hydrogen-bond donors (Lipinski definition) is 2. The average molecular weight is 333 g/mol. The van der Waals surface area contributed by atoms with Gasteiger partial charge < -0.3 is 15.4 Å². The van der Waals surface area contributed by atoms with E-state index in [4.69, 9.17) is 4.74 Å². The predicted octanol–water partition coefficient (Wildman–Crippen LogP) is 3.38. The van der Waals surface area contributed by atoms with E-state index in [2.05, 4.69) is 10.6 Å². The van der Waals surface area contributed by atoms with Crippen LogP contribution in [0.2, 0.25) is 0 Å². The van der Waals surface area contributed by atoms with E-state index in [-0.39, 0.29) is 24.4 Å². The Kier molecular flexibility index (Phi) is 6.44. The lowest BCUT2D eigenvalue weighted by Gasteiger charge is -2.23. The molecule has 23 heavy (non-hydrogen) atoms. The normalized spacial score (nSPS) is 17.0. The highest BCUT2D eigenvalue weighted by molar-refractivity contribution is 5.94. The largest absolute Gasteiger partial charge is 0.457 e. The van der Waals surface area contributed by atoms with Crippen molar-refractivity contribution in [2.75, 3.05) is 13.1 Å². The second-order valence-electron chi connectivity index (χ2n) is 5.46. The summed E-state index contributed by atoms with van der Waals surface area (Å²) in [7, 11) is 0. The maximum absolute atomic E-state index is 12.3. The number of carbonyl (C=O) groups is 1. The first-order chi connectivity index (χ1) is 10.8. The summed E-state index contributed by atoms with van der Waals surface area (Å²) in [6, 6.07) is 17.0. The molecule has 0 saturated carbocycles. The summed E-state index contributed by atoms with van der Waals surface area (Å²) in [5.41, 5.74) is 0.624. The molecule has 1 aliphatic rings. The molecule has 0 bridgehead atoms. The van der Waals surface area contributed by atoms with Crippen molar-refractivity contribution in [3.05, 3.63) is 60.2 Å². The summed E-state index contributed by atoms with van der Waals surface area (Å²) >= 11 is 0. The van der Waals surface area contributed by atoms with Gasteiger partial charge in [0.15, 0.2) is 0 Å². The highest BCUT2D eigenvalue weighted by atomic mass is 35.5. The van der Waals surface area contributed by atoms with Crippen LogP contribution in [0.25, 0.3) is 0 Å². The number of hydrogen-bond acceptors (Lipinski definition) is 3. The van der Waals surface area contributed by atoms with Crippen LogP contribution in [-0.4, -0.2) is 25.0 Å². The van der Waals surface area contributed by atoms with Crippen molar-refractivity contribution in [2.24, 2.45) is 0 Å². The van der Waals surface area contributed by atoms with E-state index in [1.54, 1.807) is 6.07 Å². The third-order valence-corrected chi connectivity index (χ3v) is 3.71. The summed E-state index contributed by atoms with van der Waals surface area (Å²) in [4.78, 5) is 12.3. The van der Waals surface area contributed by atoms with Crippen LogP contribution < -0.4 is 15.4 Å². The highest BCUT2D eigenvalue weighted by Crippen LogP contribution is 2.21. The van der Waals surface area contributed by atoms with Crippen LogP contribution in [0.4, 0.5) is 0 Å². The molecule has 1 fully saturated rings. The fraction of sp³-hybridized carbons (Fsp3) is 0.278. The third kappa shape index (κ3) is 4.98. The number of rotatable bonds is 4. The van der Waals surface area contributed by atoms with Crippen LogP contribution in [-0.2, 0) is 0 Å². The van der Waals surface area contributed by atoms with Crippen LogP contribution in [0.1, 0.15) is 23.2 Å². The van der Waals surface area contributed by atoms with Gasteiger partial charge in [-0.2, -0.15) is 0 Å². The lowest BCUT2D eigenvalue weighted by molar-refractivity contribution is 0.0930. The van der Waals surface area contributed by atoms with Crippen LogP contribution in [0.5, 0.6) is 11.5 Å². The monoisotopic (exact) mass is 332 g/mol. The molecule has 3 rings (SSSR count). The van der Waals surface area contributed by atoms with E-state index in [0.29, 0.717) is 11.3 Å². The standard InChI is InChI=1S/C18H20N2O2.ClH/c21-18(20-15-7-5-11-19-13-15)14-6-4-10-17(12-14)22-16-8-2-1-3-9-16;/h1-4,6,8-10,12,15,19H,5,7,11,13H2,(H,20,21);1H. The Hall–Kier alpha value is -2.04. The zero-order chi connectivity index (χ0) is 15.2. The lowest BCUT2D eigenvalue weighted by atomic mass is 10.1. The molecular formula is C18H21ClN2O2. The predicted molar refractivity (Wildman–Crippen MR) is 93.6 cm³/mol. The summed E-state index contributed by atoms with van der Waals surface area (Å²) in [6.07, 6.45) is 2.13. The Balaban J connectivity index is 0.00000192. The molecule has 1 aliphatic heterocycles. The summed E-state index contributed by atoms with van der Waals surface area (Å²) < 4.78 is 5.77. The van der Waals surface area contributed by atoms with E-state index < -0.39 is 0 Å². The van der Waals surface area contributed by atoms with Crippen LogP contribution in [0.3, 0.4) is 0 Å². The number of para-hydroxylation sites is 1. The van der Waals surface area contributed by atoms with Crippen molar-refractivity contribution in [1.29, 1.82) is 0 Å². The Morgan fingerprint density at radius 1 is 1.09 bits per heavy atom. The minimum atomic E-state index is -0.0489. The molecule has 2 N–H and O–H groups in total. The molecule has 1 unspecified atom stereocenters. The zero-order valence-corrected chi connectivity index (χ0v) is 13.6. The molecule has 1 heterocycles. The SMILES string of the molecule is Cl.O=C(NC1CCCNC1)c1cccc(Oc2ccccc2)c1. The molecule has 2 aromatic carbocycles. The highest BCUT2D eigenvalue weighted by Gasteiger charge is 2.16. The number of nitrogens with one attached hydrogen (secondary N) is 2. The molecule has 0 aromatic heterocycles. The van der Waals surface area contributed by atoms with Crippen LogP contribution >= 0.6 is 12.4 Å². The first kappa shape index (κ1) is 17.3. The van der Waals surface area contributed by atoms with Gasteiger partial charge in [0.25, 0.3) is 5.91 Å². The molecule has 0 radical (unpaired) electrons. The van der Waals surface area contributed by atoms with Crippen LogP contribution in [0.15, 0.2) is 54.6 Å². The molecule has 1 atom stereocenters. The first-order valence-electron chi connectivity index (χ1n) is 7.66. The maximum atomic E-state index is 12.3. The van der Waals surface area contributed by atoms with E-state index in [1.807, 2.05) is 48.5 Å². The topological polar surface area (TPSA) is 50.4 Å². The second kappa shape index (κ2) is 8.56. The quantitative estimate of drug-likeness (QED) is 0.902. The minimum Gasteiger partial charge on any atom is -0.457 e. The Morgan fingerprint density at radius 3 is 2.61 bits per heavy atom. The second-order valence-corrected chi connectivity index (χ2v) is 5.46. The molecule has 1 saturated heterocycles. The number of ether oxygens (including phenoxy) is 1. The molecule has 4 nitrogen and oxygen atoms in total. The van der Waals surface area contributed by atoms with E-state index in [1.165, 1.54) is 0 Å². The number of amides is 1. The Labute approximate surface area is 142 Å². The van der Waals surface area contributed by atoms with Crippen molar-refractivity contribution < 1.29 is 9.53 Å². The van der Waals surface area contributed by atoms with Crippen molar-refractivity contribution in [3.63, 3.8) is 0 Å². The molecule has 122 valence electrons. The van der Waals surface area contributed by atoms with E-state index >= 15 is 0 Å². The molecular weight excluding hydrogens is 312 g/mol. The summed E-state index contributed by atoms with van der Waals surface area (Å²) in [5.74, 6) is 1.38. The number of halogens is 1. The van der Waals surface area contributed by atoms with E-state index in [9.17, 15) is 4.79 Å². The van der Waals surface area contributed by atoms with Crippen molar-refractivity contribution in [1.82, 2.24) is 10.6 Å². The van der Waals surface area contributed by atoms with Gasteiger partial charge in [-0.3, -0.25) is 4.79 Å². The molecule has 1 amide bonds. The maximum Gasteiger partial charge on any atom is 0.251 e. The molecule has 0 spiro atoms. The number of benzene rings is 2. The van der Waals surface area contributed by atoms with Gasteiger partial charge in [0.2, 0.25) is 0 Å².